The predicted molar refractivity (Wildman–Crippen MR) is 170 cm³/mol. The first-order valence-corrected chi connectivity index (χ1v) is 20.8. The van der Waals surface area contributed by atoms with Crippen LogP contribution in [0.4, 0.5) is 0 Å². The van der Waals surface area contributed by atoms with Crippen LogP contribution in [0.5, 0.6) is 0 Å². The van der Waals surface area contributed by atoms with E-state index in [9.17, 15) is 14.2 Å². The molecule has 0 aliphatic heterocycles. The highest BCUT2D eigenvalue weighted by atomic mass is 31.2. The van der Waals surface area contributed by atoms with Crippen molar-refractivity contribution >= 4 is 35.3 Å². The normalized spacial score (nSPS) is 14.8. The molecule has 6 nitrogen and oxygen atoms in total. The molecule has 0 heterocycles. The number of carbonyl (C=O) groups excluding carboxylic acids is 2. The first-order valence-electron chi connectivity index (χ1n) is 14.0. The molecule has 2 aromatic rings. The summed E-state index contributed by atoms with van der Waals surface area (Å²) in [5.41, 5.74) is 6.33. The smallest absolute Gasteiger partial charge is 0.352 e. The number of rotatable bonds is 15. The largest absolute Gasteiger partial charge is 0.412 e. The summed E-state index contributed by atoms with van der Waals surface area (Å²) in [6.07, 6.45) is 0.295. The van der Waals surface area contributed by atoms with E-state index in [0.29, 0.717) is 36.8 Å². The molecule has 0 saturated carbocycles. The van der Waals surface area contributed by atoms with Crippen LogP contribution in [-0.4, -0.2) is 47.5 Å². The summed E-state index contributed by atoms with van der Waals surface area (Å²) in [4.78, 5) is 28.4. The molecule has 2 unspecified atom stereocenters. The summed E-state index contributed by atoms with van der Waals surface area (Å²) < 4.78 is 33.5. The zero-order valence-electron chi connectivity index (χ0n) is 26.0. The number of benzene rings is 2. The monoisotopic (exact) mass is 602 g/mol. The molecule has 0 aromatic heterocycles. The maximum absolute atomic E-state index is 14.9. The minimum atomic E-state index is -4.07. The lowest BCUT2D eigenvalue weighted by Crippen LogP contribution is -2.51. The average molecular weight is 603 g/mol. The van der Waals surface area contributed by atoms with Crippen molar-refractivity contribution < 1.29 is 27.1 Å². The fraction of sp³-hybridized carbons (Fsp3) is 0.484. The van der Waals surface area contributed by atoms with Crippen LogP contribution < -0.4 is 0 Å². The van der Waals surface area contributed by atoms with Crippen LogP contribution >= 0.6 is 7.14 Å². The van der Waals surface area contributed by atoms with Crippen molar-refractivity contribution in [3.05, 3.63) is 81.1 Å². The molecule has 2 atom stereocenters. The molecular weight excluding hydrogens is 555 g/mol. The molecule has 0 saturated heterocycles. The van der Waals surface area contributed by atoms with Crippen molar-refractivity contribution in [2.24, 2.45) is 0 Å². The van der Waals surface area contributed by atoms with Crippen molar-refractivity contribution in [2.75, 3.05) is 19.4 Å². The Morgan fingerprint density at radius 1 is 0.800 bits per heavy atom. The van der Waals surface area contributed by atoms with Crippen LogP contribution in [0, 0.1) is 41.5 Å². The Kier molecular flexibility index (Phi) is 11.8. The first-order chi connectivity index (χ1) is 18.6. The predicted octanol–water partition coefficient (Wildman–Crippen LogP) is 8.23. The van der Waals surface area contributed by atoms with Gasteiger partial charge in [0.1, 0.15) is 0 Å². The third-order valence-electron chi connectivity index (χ3n) is 7.21. The summed E-state index contributed by atoms with van der Waals surface area (Å²) in [7, 11) is -9.56. The fourth-order valence-electron chi connectivity index (χ4n) is 5.62. The van der Waals surface area contributed by atoms with Crippen molar-refractivity contribution in [3.63, 3.8) is 0 Å². The van der Waals surface area contributed by atoms with E-state index < -0.39 is 35.3 Å². The van der Waals surface area contributed by atoms with Crippen LogP contribution in [0.25, 0.3) is 0 Å². The third-order valence-corrected chi connectivity index (χ3v) is 17.0. The number of aryl methyl sites for hydroxylation is 6. The summed E-state index contributed by atoms with van der Waals surface area (Å²) in [6.45, 7) is 23.8. The lowest BCUT2D eigenvalue weighted by Gasteiger charge is -2.35. The van der Waals surface area contributed by atoms with E-state index in [0.717, 1.165) is 33.4 Å². The van der Waals surface area contributed by atoms with Crippen molar-refractivity contribution in [2.45, 2.75) is 80.9 Å². The molecule has 2 aromatic carbocycles. The molecule has 0 spiro atoms. The first kappa shape index (κ1) is 34.3. The maximum Gasteiger partial charge on any atom is 0.352 e. The molecule has 0 radical (unpaired) electrons. The Morgan fingerprint density at radius 3 is 1.55 bits per heavy atom. The molecule has 40 heavy (non-hydrogen) atoms. The Hall–Kier alpha value is -1.94. The lowest BCUT2D eigenvalue weighted by molar-refractivity contribution is 0.103. The number of hydrogen-bond acceptors (Lipinski definition) is 6. The van der Waals surface area contributed by atoms with Gasteiger partial charge < -0.3 is 17.5 Å². The zero-order valence-corrected chi connectivity index (χ0v) is 28.9. The van der Waals surface area contributed by atoms with Gasteiger partial charge in [-0.25, -0.2) is 0 Å². The van der Waals surface area contributed by atoms with E-state index in [4.69, 9.17) is 13.0 Å². The van der Waals surface area contributed by atoms with E-state index in [1.807, 2.05) is 92.7 Å². The van der Waals surface area contributed by atoms with Crippen LogP contribution in [0.15, 0.2) is 36.5 Å². The highest BCUT2D eigenvalue weighted by molar-refractivity contribution is 7.95. The second-order valence-electron chi connectivity index (χ2n) is 11.0. The summed E-state index contributed by atoms with van der Waals surface area (Å²) in [5, 5.41) is 0. The Labute approximate surface area is 243 Å². The standard InChI is InChI=1S/C31H47O6PSi2/c1-12-35-39(10,14-3)37-40(11,36-13-2)17-15-16-38(34,30(32)28-24(6)18-22(4)19-25(28)7)31(33)29-26(8)20-23(5)21-27(29)9/h14,18-21H,3,12-13,15-17H2,1-2,4-11H3. The summed E-state index contributed by atoms with van der Waals surface area (Å²) >= 11 is 0. The topological polar surface area (TPSA) is 78.9 Å². The van der Waals surface area contributed by atoms with Gasteiger partial charge in [0.15, 0.2) is 0 Å². The highest BCUT2D eigenvalue weighted by Crippen LogP contribution is 2.54. The van der Waals surface area contributed by atoms with Crippen LogP contribution in [0.1, 0.15) is 74.4 Å². The van der Waals surface area contributed by atoms with Gasteiger partial charge in [0.2, 0.25) is 18.2 Å². The van der Waals surface area contributed by atoms with Gasteiger partial charge in [-0.3, -0.25) is 9.59 Å². The quantitative estimate of drug-likeness (QED) is 0.151. The van der Waals surface area contributed by atoms with Gasteiger partial charge in [0.25, 0.3) is 0 Å². The molecule has 0 amide bonds. The Morgan fingerprint density at radius 2 is 1.20 bits per heavy atom. The molecule has 0 aliphatic carbocycles. The molecule has 0 bridgehead atoms. The van der Waals surface area contributed by atoms with E-state index in [-0.39, 0.29) is 6.16 Å². The lowest BCUT2D eigenvalue weighted by atomic mass is 10.0. The molecule has 0 N–H and O–H groups in total. The fourth-order valence-corrected chi connectivity index (χ4v) is 15.4. The minimum absolute atomic E-state index is 0.0514. The second-order valence-corrected chi connectivity index (χ2v) is 20.4. The average Bonchev–Trinajstić information content (AvgIpc) is 2.82. The molecule has 220 valence electrons. The molecular formula is C31H47O6PSi2. The van der Waals surface area contributed by atoms with E-state index in [2.05, 4.69) is 6.58 Å². The zero-order chi connectivity index (χ0) is 30.5. The van der Waals surface area contributed by atoms with E-state index in [1.54, 1.807) is 5.70 Å². The van der Waals surface area contributed by atoms with Gasteiger partial charge in [0, 0.05) is 30.5 Å². The minimum Gasteiger partial charge on any atom is -0.412 e. The van der Waals surface area contributed by atoms with Crippen molar-refractivity contribution in [1.82, 2.24) is 0 Å². The number of hydrogen-bond donors (Lipinski definition) is 0. The highest BCUT2D eigenvalue weighted by Gasteiger charge is 2.45. The van der Waals surface area contributed by atoms with Gasteiger partial charge >= 0.3 is 17.1 Å². The van der Waals surface area contributed by atoms with Gasteiger partial charge in [-0.15, -0.1) is 6.58 Å². The van der Waals surface area contributed by atoms with E-state index in [1.165, 1.54) is 0 Å². The van der Waals surface area contributed by atoms with Crippen LogP contribution in [0.3, 0.4) is 0 Å². The molecule has 0 aliphatic rings. The summed E-state index contributed by atoms with van der Waals surface area (Å²) in [5.74, 6) is 0. The second kappa shape index (κ2) is 13.8. The molecule has 0 fully saturated rings. The molecule has 2 rings (SSSR count). The number of carbonyl (C=O) groups is 2. The van der Waals surface area contributed by atoms with Crippen LogP contribution in [-0.2, 0) is 17.5 Å². The maximum atomic E-state index is 14.9. The van der Waals surface area contributed by atoms with Gasteiger partial charge in [0.05, 0.1) is 0 Å². The van der Waals surface area contributed by atoms with Crippen molar-refractivity contribution in [3.8, 4) is 0 Å². The van der Waals surface area contributed by atoms with Gasteiger partial charge in [-0.05, 0) is 103 Å². The van der Waals surface area contributed by atoms with Gasteiger partial charge in [-0.2, -0.15) is 0 Å². The molecule has 9 heteroatoms. The van der Waals surface area contributed by atoms with E-state index >= 15 is 0 Å². The van der Waals surface area contributed by atoms with Gasteiger partial charge in [-0.1, -0.05) is 41.1 Å². The third kappa shape index (κ3) is 7.87. The Balaban J connectivity index is 2.56. The van der Waals surface area contributed by atoms with Crippen molar-refractivity contribution in [1.29, 1.82) is 0 Å². The Bertz CT molecular complexity index is 1200. The SMILES string of the molecule is C=C[Si](C)(OCC)O[Si](C)(CCCP(=O)(C(=O)c1c(C)cc(C)cc1C)C(=O)c1c(C)cc(C)cc1C)OCC. The summed E-state index contributed by atoms with van der Waals surface area (Å²) in [6, 6.07) is 8.07. The van der Waals surface area contributed by atoms with Crippen LogP contribution in [0.2, 0.25) is 19.1 Å².